The van der Waals surface area contributed by atoms with Crippen molar-refractivity contribution in [2.24, 2.45) is 17.8 Å². The molecule has 0 spiro atoms. The molecule has 8 nitrogen and oxygen atoms in total. The first-order valence-corrected chi connectivity index (χ1v) is 9.21. The van der Waals surface area contributed by atoms with Gasteiger partial charge in [-0.1, -0.05) is 0 Å². The van der Waals surface area contributed by atoms with E-state index in [0.29, 0.717) is 28.9 Å². The fourth-order valence-electron chi connectivity index (χ4n) is 4.79. The molecule has 3 atom stereocenters. The van der Waals surface area contributed by atoms with Crippen molar-refractivity contribution in [2.45, 2.75) is 18.9 Å². The molecule has 8 heteroatoms. The summed E-state index contributed by atoms with van der Waals surface area (Å²) in [7, 11) is 0. The third-order valence-electron chi connectivity index (χ3n) is 6.37. The van der Waals surface area contributed by atoms with Crippen molar-refractivity contribution in [1.29, 1.82) is 0 Å². The minimum Gasteiger partial charge on any atom is -0.396 e. The molecule has 5 rings (SSSR count). The maximum atomic E-state index is 12.9. The van der Waals surface area contributed by atoms with Gasteiger partial charge in [0.1, 0.15) is 6.04 Å². The fourth-order valence-corrected chi connectivity index (χ4v) is 4.79. The van der Waals surface area contributed by atoms with Crippen LogP contribution in [0.4, 0.5) is 5.69 Å². The first-order chi connectivity index (χ1) is 13.0. The molecule has 27 heavy (non-hydrogen) atoms. The number of anilines is 1. The van der Waals surface area contributed by atoms with Gasteiger partial charge in [-0.2, -0.15) is 0 Å². The first-order valence-electron chi connectivity index (χ1n) is 9.21. The number of carbonyl (C=O) groups excluding carboxylic acids is 4. The van der Waals surface area contributed by atoms with Gasteiger partial charge >= 0.3 is 0 Å². The maximum absolute atomic E-state index is 12.9. The molecule has 2 saturated heterocycles. The summed E-state index contributed by atoms with van der Waals surface area (Å²) in [6.45, 7) is 1.91. The molecule has 3 heterocycles. The van der Waals surface area contributed by atoms with Gasteiger partial charge < -0.3 is 10.0 Å². The van der Waals surface area contributed by atoms with Crippen molar-refractivity contribution in [2.75, 3.05) is 24.6 Å². The molecule has 3 fully saturated rings. The number of aliphatic hydroxyl groups excluding tert-OH is 1. The predicted octanol–water partition coefficient (Wildman–Crippen LogP) is -0.238. The van der Waals surface area contributed by atoms with Gasteiger partial charge in [-0.05, 0) is 42.4 Å². The molecule has 3 unspecified atom stereocenters. The van der Waals surface area contributed by atoms with Gasteiger partial charge in [0.25, 0.3) is 11.8 Å². The quantitative estimate of drug-likeness (QED) is 0.713. The molecule has 3 aliphatic heterocycles. The molecule has 4 aliphatic rings. The topological polar surface area (TPSA) is 107 Å². The van der Waals surface area contributed by atoms with Gasteiger partial charge in [0.05, 0.1) is 11.1 Å². The predicted molar refractivity (Wildman–Crippen MR) is 92.9 cm³/mol. The molecule has 1 saturated carbocycles. The second-order valence-corrected chi connectivity index (χ2v) is 7.76. The molecule has 1 aliphatic carbocycles. The van der Waals surface area contributed by atoms with Crippen molar-refractivity contribution >= 4 is 29.3 Å². The van der Waals surface area contributed by atoms with Crippen LogP contribution in [0.1, 0.15) is 33.6 Å². The van der Waals surface area contributed by atoms with E-state index in [1.807, 2.05) is 6.07 Å². The molecule has 4 amide bonds. The number of carbonyl (C=O) groups is 4. The Morgan fingerprint density at radius 2 is 1.74 bits per heavy atom. The van der Waals surface area contributed by atoms with Crippen LogP contribution in [0.2, 0.25) is 0 Å². The van der Waals surface area contributed by atoms with Crippen LogP contribution in [0.5, 0.6) is 0 Å². The second-order valence-electron chi connectivity index (χ2n) is 7.76. The van der Waals surface area contributed by atoms with Gasteiger partial charge in [0.2, 0.25) is 11.8 Å². The summed E-state index contributed by atoms with van der Waals surface area (Å²) in [6.07, 6.45) is 0.263. The lowest BCUT2D eigenvalue weighted by molar-refractivity contribution is -0.136. The lowest BCUT2D eigenvalue weighted by Crippen LogP contribution is -2.54. The Balaban J connectivity index is 1.39. The number of nitrogens with zero attached hydrogens (tertiary/aromatic N) is 2. The molecule has 140 valence electrons. The number of hydrogen-bond acceptors (Lipinski definition) is 6. The molecule has 0 bridgehead atoms. The molecular formula is C19H19N3O5. The van der Waals surface area contributed by atoms with Crippen molar-refractivity contribution in [3.05, 3.63) is 29.3 Å². The zero-order chi connectivity index (χ0) is 18.9. The van der Waals surface area contributed by atoms with Crippen LogP contribution in [0.3, 0.4) is 0 Å². The number of fused-ring (bicyclic) bond motifs is 2. The van der Waals surface area contributed by atoms with Crippen LogP contribution in [-0.4, -0.2) is 59.4 Å². The van der Waals surface area contributed by atoms with E-state index in [9.17, 15) is 24.3 Å². The van der Waals surface area contributed by atoms with E-state index in [1.165, 1.54) is 0 Å². The standard InChI is InChI=1S/C19H19N3O5/c23-8-14-12-6-21(7-13(12)14)9-1-2-10-11(5-9)19(27)22(18(10)26)15-3-4-16(24)20-17(15)25/h1-2,5,12-15,23H,3-4,6-8H2,(H,20,24,25). The summed E-state index contributed by atoms with van der Waals surface area (Å²) in [5.41, 5.74) is 1.48. The Bertz CT molecular complexity index is 885. The van der Waals surface area contributed by atoms with E-state index in [2.05, 4.69) is 10.2 Å². The lowest BCUT2D eigenvalue weighted by atomic mass is 10.0. The van der Waals surface area contributed by atoms with Crippen LogP contribution in [0.15, 0.2) is 18.2 Å². The van der Waals surface area contributed by atoms with Crippen molar-refractivity contribution in [1.82, 2.24) is 10.2 Å². The zero-order valence-electron chi connectivity index (χ0n) is 14.6. The Morgan fingerprint density at radius 1 is 1.04 bits per heavy atom. The highest BCUT2D eigenvalue weighted by molar-refractivity contribution is 6.23. The summed E-state index contributed by atoms with van der Waals surface area (Å²) in [5.74, 6) is -0.563. The van der Waals surface area contributed by atoms with Gasteiger partial charge in [-0.3, -0.25) is 29.4 Å². The minimum atomic E-state index is -0.941. The Labute approximate surface area is 155 Å². The number of rotatable bonds is 3. The zero-order valence-corrected chi connectivity index (χ0v) is 14.6. The van der Waals surface area contributed by atoms with Crippen LogP contribution in [-0.2, 0) is 9.59 Å². The number of nitrogens with one attached hydrogen (secondary N) is 1. The van der Waals surface area contributed by atoms with E-state index >= 15 is 0 Å². The lowest BCUT2D eigenvalue weighted by Gasteiger charge is -2.27. The van der Waals surface area contributed by atoms with Gasteiger partial charge in [0, 0.05) is 31.8 Å². The van der Waals surface area contributed by atoms with Crippen LogP contribution in [0, 0.1) is 17.8 Å². The number of aliphatic hydroxyl groups is 1. The summed E-state index contributed by atoms with van der Waals surface area (Å²) in [6, 6.07) is 4.25. The van der Waals surface area contributed by atoms with Gasteiger partial charge in [0.15, 0.2) is 0 Å². The molecule has 1 aromatic carbocycles. The average molecular weight is 369 g/mol. The van der Waals surface area contributed by atoms with Crippen molar-refractivity contribution < 1.29 is 24.3 Å². The molecule has 0 aromatic heterocycles. The Kier molecular flexibility index (Phi) is 3.42. The van der Waals surface area contributed by atoms with Crippen LogP contribution in [0.25, 0.3) is 0 Å². The largest absolute Gasteiger partial charge is 0.396 e. The molecule has 2 N–H and O–H groups in total. The van der Waals surface area contributed by atoms with E-state index in [4.69, 9.17) is 0 Å². The fraction of sp³-hybridized carbons (Fsp3) is 0.474. The highest BCUT2D eigenvalue weighted by atomic mass is 16.3. The highest BCUT2D eigenvalue weighted by Gasteiger charge is 2.55. The number of amides is 4. The van der Waals surface area contributed by atoms with Gasteiger partial charge in [-0.15, -0.1) is 0 Å². The second kappa shape index (κ2) is 5.63. The Hall–Kier alpha value is -2.74. The summed E-state index contributed by atoms with van der Waals surface area (Å²) in [4.78, 5) is 52.2. The van der Waals surface area contributed by atoms with E-state index < -0.39 is 23.8 Å². The summed E-state index contributed by atoms with van der Waals surface area (Å²) >= 11 is 0. The monoisotopic (exact) mass is 369 g/mol. The van der Waals surface area contributed by atoms with Crippen LogP contribution < -0.4 is 10.2 Å². The first kappa shape index (κ1) is 16.4. The van der Waals surface area contributed by atoms with E-state index in [0.717, 1.165) is 23.7 Å². The smallest absolute Gasteiger partial charge is 0.262 e. The van der Waals surface area contributed by atoms with Crippen molar-refractivity contribution in [3.63, 3.8) is 0 Å². The number of piperidine rings is 2. The number of benzene rings is 1. The SMILES string of the molecule is O=C1CCC(N2C(=O)c3ccc(N4CC5C(CO)C5C4)cc3C2=O)C(=O)N1. The van der Waals surface area contributed by atoms with Crippen LogP contribution >= 0.6 is 0 Å². The molecular weight excluding hydrogens is 350 g/mol. The third-order valence-corrected chi connectivity index (χ3v) is 6.37. The molecule has 1 aromatic rings. The normalized spacial score (nSPS) is 31.9. The summed E-state index contributed by atoms with van der Waals surface area (Å²) < 4.78 is 0. The van der Waals surface area contributed by atoms with E-state index in [-0.39, 0.29) is 25.4 Å². The minimum absolute atomic E-state index is 0.109. The number of imide groups is 2. The number of hydrogen-bond donors (Lipinski definition) is 2. The third kappa shape index (κ3) is 2.32. The molecule has 0 radical (unpaired) electrons. The summed E-state index contributed by atoms with van der Waals surface area (Å²) in [5, 5.41) is 11.5. The Morgan fingerprint density at radius 3 is 2.41 bits per heavy atom. The van der Waals surface area contributed by atoms with E-state index in [1.54, 1.807) is 12.1 Å². The van der Waals surface area contributed by atoms with Gasteiger partial charge in [-0.25, -0.2) is 0 Å². The van der Waals surface area contributed by atoms with Crippen molar-refractivity contribution in [3.8, 4) is 0 Å². The highest BCUT2D eigenvalue weighted by Crippen LogP contribution is 2.52. The average Bonchev–Trinajstić information content (AvgIpc) is 3.00. The maximum Gasteiger partial charge on any atom is 0.262 e.